The van der Waals surface area contributed by atoms with Crippen LogP contribution >= 0.6 is 22.9 Å². The average Bonchev–Trinajstić information content (AvgIpc) is 3.07. The van der Waals surface area contributed by atoms with Gasteiger partial charge in [0, 0.05) is 17.5 Å². The van der Waals surface area contributed by atoms with Crippen molar-refractivity contribution in [3.8, 4) is 0 Å². The minimum Gasteiger partial charge on any atom is -0.338 e. The Morgan fingerprint density at radius 2 is 2.14 bits per heavy atom. The van der Waals surface area contributed by atoms with Crippen LogP contribution in [-0.2, 0) is 12.8 Å². The molecule has 2 aromatic heterocycles. The van der Waals surface area contributed by atoms with Crippen LogP contribution in [0.4, 0.5) is 5.95 Å². The Morgan fingerprint density at radius 3 is 3.00 bits per heavy atom. The summed E-state index contributed by atoms with van der Waals surface area (Å²) in [6.45, 7) is 3.31. The zero-order valence-corrected chi connectivity index (χ0v) is 13.9. The van der Waals surface area contributed by atoms with Gasteiger partial charge in [0.05, 0.1) is 5.39 Å². The van der Waals surface area contributed by atoms with Crippen molar-refractivity contribution < 1.29 is 0 Å². The van der Waals surface area contributed by atoms with Crippen molar-refractivity contribution >= 4 is 39.1 Å². The number of thiophene rings is 1. The molecule has 4 rings (SSSR count). The molecule has 0 amide bonds. The molecule has 0 bridgehead atoms. The maximum absolute atomic E-state index is 6.53. The second kappa shape index (κ2) is 5.40. The van der Waals surface area contributed by atoms with E-state index < -0.39 is 0 Å². The molecule has 0 radical (unpaired) electrons. The SMILES string of the molecule is CCC1CCCCN1c1nc(Cl)c2c3c(sc2n1)CCC3. The van der Waals surface area contributed by atoms with Gasteiger partial charge >= 0.3 is 0 Å². The maximum Gasteiger partial charge on any atom is 0.228 e. The van der Waals surface area contributed by atoms with Gasteiger partial charge in [-0.3, -0.25) is 0 Å². The molecule has 1 aliphatic carbocycles. The predicted octanol–water partition coefficient (Wildman–Crippen LogP) is 4.60. The Labute approximate surface area is 134 Å². The van der Waals surface area contributed by atoms with E-state index in [1.54, 1.807) is 0 Å². The van der Waals surface area contributed by atoms with Gasteiger partial charge in [-0.25, -0.2) is 9.97 Å². The van der Waals surface area contributed by atoms with Gasteiger partial charge in [-0.2, -0.15) is 0 Å². The Kier molecular flexibility index (Phi) is 3.54. The molecular formula is C16H20ClN3S. The summed E-state index contributed by atoms with van der Waals surface area (Å²) < 4.78 is 0. The molecule has 0 spiro atoms. The molecule has 112 valence electrons. The zero-order chi connectivity index (χ0) is 14.4. The summed E-state index contributed by atoms with van der Waals surface area (Å²) in [7, 11) is 0. The fourth-order valence-electron chi connectivity index (χ4n) is 3.76. The molecule has 5 heteroatoms. The molecule has 1 fully saturated rings. The van der Waals surface area contributed by atoms with E-state index in [1.807, 2.05) is 11.3 Å². The number of rotatable bonds is 2. The topological polar surface area (TPSA) is 29.0 Å². The second-order valence-electron chi connectivity index (χ2n) is 6.10. The highest BCUT2D eigenvalue weighted by molar-refractivity contribution is 7.19. The number of fused-ring (bicyclic) bond motifs is 3. The van der Waals surface area contributed by atoms with Crippen molar-refractivity contribution in [3.05, 3.63) is 15.6 Å². The highest BCUT2D eigenvalue weighted by Crippen LogP contribution is 2.40. The number of anilines is 1. The quantitative estimate of drug-likeness (QED) is 0.757. The van der Waals surface area contributed by atoms with Crippen LogP contribution in [0.3, 0.4) is 0 Å². The molecule has 0 aromatic carbocycles. The van der Waals surface area contributed by atoms with Gasteiger partial charge in [-0.05, 0) is 50.5 Å². The first-order valence-electron chi connectivity index (χ1n) is 8.02. The smallest absolute Gasteiger partial charge is 0.228 e. The largest absolute Gasteiger partial charge is 0.338 e. The van der Waals surface area contributed by atoms with Crippen LogP contribution in [0.25, 0.3) is 10.2 Å². The molecule has 1 saturated heterocycles. The summed E-state index contributed by atoms with van der Waals surface area (Å²) in [5, 5.41) is 1.79. The molecule has 1 unspecified atom stereocenters. The average molecular weight is 322 g/mol. The van der Waals surface area contributed by atoms with Gasteiger partial charge in [0.25, 0.3) is 0 Å². The fraction of sp³-hybridized carbons (Fsp3) is 0.625. The lowest BCUT2D eigenvalue weighted by Crippen LogP contribution is -2.40. The van der Waals surface area contributed by atoms with E-state index in [9.17, 15) is 0 Å². The molecule has 1 atom stereocenters. The van der Waals surface area contributed by atoms with E-state index >= 15 is 0 Å². The highest BCUT2D eigenvalue weighted by Gasteiger charge is 2.26. The van der Waals surface area contributed by atoms with Crippen molar-refractivity contribution in [2.45, 2.75) is 57.9 Å². The Hall–Kier alpha value is -0.870. The van der Waals surface area contributed by atoms with Crippen molar-refractivity contribution in [2.24, 2.45) is 0 Å². The van der Waals surface area contributed by atoms with Crippen molar-refractivity contribution in [1.29, 1.82) is 0 Å². The minimum atomic E-state index is 0.569. The summed E-state index contributed by atoms with van der Waals surface area (Å²) >= 11 is 8.35. The summed E-state index contributed by atoms with van der Waals surface area (Å²) in [4.78, 5) is 14.5. The third-order valence-electron chi connectivity index (χ3n) is 4.86. The van der Waals surface area contributed by atoms with Gasteiger partial charge in [0.1, 0.15) is 9.98 Å². The highest BCUT2D eigenvalue weighted by atomic mass is 35.5. The predicted molar refractivity (Wildman–Crippen MR) is 89.7 cm³/mol. The van der Waals surface area contributed by atoms with Crippen LogP contribution in [-0.4, -0.2) is 22.6 Å². The minimum absolute atomic E-state index is 0.569. The lowest BCUT2D eigenvalue weighted by atomic mass is 10.0. The molecule has 21 heavy (non-hydrogen) atoms. The van der Waals surface area contributed by atoms with Gasteiger partial charge in [-0.15, -0.1) is 11.3 Å². The number of hydrogen-bond acceptors (Lipinski definition) is 4. The van der Waals surface area contributed by atoms with Crippen LogP contribution in [0.2, 0.25) is 5.15 Å². The van der Waals surface area contributed by atoms with E-state index in [0.29, 0.717) is 11.2 Å². The number of hydrogen-bond donors (Lipinski definition) is 0. The maximum atomic E-state index is 6.53. The van der Waals surface area contributed by atoms with E-state index in [4.69, 9.17) is 16.6 Å². The number of aromatic nitrogens is 2. The summed E-state index contributed by atoms with van der Waals surface area (Å²) in [5.74, 6) is 0.846. The van der Waals surface area contributed by atoms with E-state index in [1.165, 1.54) is 42.5 Å². The fourth-order valence-corrected chi connectivity index (χ4v) is 5.35. The molecular weight excluding hydrogens is 302 g/mol. The Morgan fingerprint density at radius 1 is 1.24 bits per heavy atom. The van der Waals surface area contributed by atoms with E-state index in [0.717, 1.165) is 35.6 Å². The molecule has 0 saturated carbocycles. The number of halogens is 1. The van der Waals surface area contributed by atoms with Gasteiger partial charge in [-0.1, -0.05) is 18.5 Å². The third kappa shape index (κ3) is 2.23. The monoisotopic (exact) mass is 321 g/mol. The zero-order valence-electron chi connectivity index (χ0n) is 12.4. The normalized spacial score (nSPS) is 22.0. The summed E-state index contributed by atoms with van der Waals surface area (Å²) in [5.41, 5.74) is 1.41. The van der Waals surface area contributed by atoms with Crippen molar-refractivity contribution in [2.75, 3.05) is 11.4 Å². The van der Waals surface area contributed by atoms with E-state index in [-0.39, 0.29) is 0 Å². The molecule has 2 aliphatic rings. The number of nitrogens with zero attached hydrogens (tertiary/aromatic N) is 3. The first kappa shape index (κ1) is 13.8. The number of piperidine rings is 1. The summed E-state index contributed by atoms with van der Waals surface area (Å²) in [6, 6.07) is 0.569. The van der Waals surface area contributed by atoms with E-state index in [2.05, 4.69) is 16.8 Å². The first-order chi connectivity index (χ1) is 10.3. The molecule has 0 N–H and O–H groups in total. The lowest BCUT2D eigenvalue weighted by Gasteiger charge is -2.35. The lowest BCUT2D eigenvalue weighted by molar-refractivity contribution is 0.443. The van der Waals surface area contributed by atoms with Crippen LogP contribution in [0.15, 0.2) is 0 Å². The summed E-state index contributed by atoms with van der Waals surface area (Å²) in [6.07, 6.45) is 8.52. The van der Waals surface area contributed by atoms with Gasteiger partial charge < -0.3 is 4.90 Å². The van der Waals surface area contributed by atoms with Crippen molar-refractivity contribution in [1.82, 2.24) is 9.97 Å². The first-order valence-corrected chi connectivity index (χ1v) is 9.21. The van der Waals surface area contributed by atoms with Gasteiger partial charge in [0.2, 0.25) is 5.95 Å². The standard InChI is InChI=1S/C16H20ClN3S/c1-2-10-6-3-4-9-20(10)16-18-14(17)13-11-7-5-8-12(11)21-15(13)19-16/h10H,2-9H2,1H3. The molecule has 3 heterocycles. The van der Waals surface area contributed by atoms with Crippen molar-refractivity contribution in [3.63, 3.8) is 0 Å². The Bertz CT molecular complexity index is 682. The van der Waals surface area contributed by atoms with Crippen LogP contribution < -0.4 is 4.90 Å². The van der Waals surface area contributed by atoms with Gasteiger partial charge in [0.15, 0.2) is 0 Å². The van der Waals surface area contributed by atoms with Crippen LogP contribution in [0.5, 0.6) is 0 Å². The molecule has 3 nitrogen and oxygen atoms in total. The molecule has 1 aliphatic heterocycles. The third-order valence-corrected chi connectivity index (χ3v) is 6.32. The second-order valence-corrected chi connectivity index (χ2v) is 7.54. The molecule has 2 aromatic rings. The van der Waals surface area contributed by atoms with Crippen LogP contribution in [0.1, 0.15) is 49.5 Å². The van der Waals surface area contributed by atoms with Crippen LogP contribution in [0, 0.1) is 0 Å². The number of aryl methyl sites for hydroxylation is 2. The Balaban J connectivity index is 1.79.